The van der Waals surface area contributed by atoms with Crippen LogP contribution < -0.4 is 9.47 Å². The number of H-pyrrole nitrogens is 1. The second-order valence-electron chi connectivity index (χ2n) is 5.11. The summed E-state index contributed by atoms with van der Waals surface area (Å²) in [6, 6.07) is 14.2. The predicted octanol–water partition coefficient (Wildman–Crippen LogP) is 3.10. The molecule has 0 unspecified atom stereocenters. The highest BCUT2D eigenvalue weighted by Gasteiger charge is 2.12. The molecule has 21 heavy (non-hydrogen) atoms. The maximum Gasteiger partial charge on any atom is 0.161 e. The molecular weight excluding hydrogens is 266 g/mol. The van der Waals surface area contributed by atoms with E-state index in [-0.39, 0.29) is 6.61 Å². The van der Waals surface area contributed by atoms with Crippen LogP contribution in [0.25, 0.3) is 22.0 Å². The fourth-order valence-electron chi connectivity index (χ4n) is 2.68. The van der Waals surface area contributed by atoms with E-state index in [0.29, 0.717) is 13.2 Å². The Hall–Kier alpha value is -2.46. The zero-order valence-electron chi connectivity index (χ0n) is 11.4. The lowest BCUT2D eigenvalue weighted by Crippen LogP contribution is -2.15. The number of aromatic amines is 1. The Bertz CT molecular complexity index is 807. The van der Waals surface area contributed by atoms with Crippen molar-refractivity contribution < 1.29 is 14.6 Å². The van der Waals surface area contributed by atoms with Gasteiger partial charge in [-0.25, -0.2) is 0 Å². The number of rotatable bonds is 2. The molecule has 0 saturated heterocycles. The average molecular weight is 281 g/mol. The smallest absolute Gasteiger partial charge is 0.161 e. The van der Waals surface area contributed by atoms with Gasteiger partial charge >= 0.3 is 0 Å². The molecule has 3 aromatic rings. The lowest BCUT2D eigenvalue weighted by Gasteiger charge is -2.18. The van der Waals surface area contributed by atoms with Gasteiger partial charge in [-0.15, -0.1) is 0 Å². The average Bonchev–Trinajstić information content (AvgIpc) is 2.96. The molecule has 2 heterocycles. The highest BCUT2D eigenvalue weighted by atomic mass is 16.6. The summed E-state index contributed by atoms with van der Waals surface area (Å²) in [5.74, 6) is 1.60. The summed E-state index contributed by atoms with van der Waals surface area (Å²) in [4.78, 5) is 3.18. The number of nitrogens with one attached hydrogen (secondary N) is 1. The number of benzene rings is 2. The van der Waals surface area contributed by atoms with E-state index < -0.39 is 0 Å². The Morgan fingerprint density at radius 2 is 1.67 bits per heavy atom. The Kier molecular flexibility index (Phi) is 2.82. The highest BCUT2D eigenvalue weighted by molar-refractivity contribution is 5.86. The molecule has 0 fully saturated rings. The molecule has 2 N–H and O–H groups in total. The molecule has 2 aromatic carbocycles. The first-order valence-electron chi connectivity index (χ1n) is 6.96. The number of aliphatic hydroxyl groups excluding tert-OH is 1. The molecule has 1 aromatic heterocycles. The van der Waals surface area contributed by atoms with Crippen LogP contribution in [0.2, 0.25) is 0 Å². The highest BCUT2D eigenvalue weighted by Crippen LogP contribution is 2.35. The third kappa shape index (κ3) is 2.14. The zero-order chi connectivity index (χ0) is 14.2. The van der Waals surface area contributed by atoms with E-state index in [2.05, 4.69) is 17.1 Å². The minimum absolute atomic E-state index is 0.0219. The number of aliphatic hydroxyl groups is 1. The summed E-state index contributed by atoms with van der Waals surface area (Å²) >= 11 is 0. The third-order valence-electron chi connectivity index (χ3n) is 3.72. The SMILES string of the molecule is OCc1cc2cc(-c3ccc4c(c3)OCCO4)ccc2[nH]1. The third-order valence-corrected chi connectivity index (χ3v) is 3.72. The van der Waals surface area contributed by atoms with Crippen molar-refractivity contribution in [2.45, 2.75) is 6.61 Å². The minimum Gasteiger partial charge on any atom is -0.486 e. The maximum absolute atomic E-state index is 9.20. The Balaban J connectivity index is 1.78. The van der Waals surface area contributed by atoms with Gasteiger partial charge in [-0.3, -0.25) is 0 Å². The second kappa shape index (κ2) is 4.82. The van der Waals surface area contributed by atoms with Crippen LogP contribution in [0, 0.1) is 0 Å². The number of hydrogen-bond donors (Lipinski definition) is 2. The standard InChI is InChI=1S/C17H15NO3/c19-10-14-8-13-7-11(1-3-15(13)18-14)12-2-4-16-17(9-12)21-6-5-20-16/h1-4,7-9,18-19H,5-6,10H2. The van der Waals surface area contributed by atoms with Crippen molar-refractivity contribution in [2.24, 2.45) is 0 Å². The molecule has 0 aliphatic carbocycles. The van der Waals surface area contributed by atoms with E-state index in [1.807, 2.05) is 30.3 Å². The van der Waals surface area contributed by atoms with E-state index in [0.717, 1.165) is 39.2 Å². The van der Waals surface area contributed by atoms with Gasteiger partial charge in [0.15, 0.2) is 11.5 Å². The quantitative estimate of drug-likeness (QED) is 0.759. The topological polar surface area (TPSA) is 54.5 Å². The van der Waals surface area contributed by atoms with Gasteiger partial charge in [0.25, 0.3) is 0 Å². The molecule has 0 radical (unpaired) electrons. The first-order chi connectivity index (χ1) is 10.3. The number of ether oxygens (including phenoxy) is 2. The Morgan fingerprint density at radius 3 is 2.52 bits per heavy atom. The fourth-order valence-corrected chi connectivity index (χ4v) is 2.68. The van der Waals surface area contributed by atoms with E-state index in [1.54, 1.807) is 0 Å². The molecule has 4 nitrogen and oxygen atoms in total. The van der Waals surface area contributed by atoms with Gasteiger partial charge in [0.05, 0.1) is 6.61 Å². The number of aromatic nitrogens is 1. The molecule has 1 aliphatic heterocycles. The normalized spacial score (nSPS) is 13.6. The van der Waals surface area contributed by atoms with Gasteiger partial charge in [-0.1, -0.05) is 12.1 Å². The summed E-state index contributed by atoms with van der Waals surface area (Å²) in [6.07, 6.45) is 0. The molecule has 4 rings (SSSR count). The van der Waals surface area contributed by atoms with E-state index >= 15 is 0 Å². The first kappa shape index (κ1) is 12.3. The van der Waals surface area contributed by atoms with Crippen molar-refractivity contribution in [1.82, 2.24) is 4.98 Å². The second-order valence-corrected chi connectivity index (χ2v) is 5.11. The van der Waals surface area contributed by atoms with Gasteiger partial charge in [0.1, 0.15) is 13.2 Å². The van der Waals surface area contributed by atoms with Crippen molar-refractivity contribution in [3.05, 3.63) is 48.2 Å². The fraction of sp³-hybridized carbons (Fsp3) is 0.176. The van der Waals surface area contributed by atoms with Gasteiger partial charge < -0.3 is 19.6 Å². The molecule has 0 bridgehead atoms. The lowest BCUT2D eigenvalue weighted by atomic mass is 10.0. The molecule has 4 heteroatoms. The van der Waals surface area contributed by atoms with Crippen LogP contribution in [0.1, 0.15) is 5.69 Å². The van der Waals surface area contributed by atoms with Gasteiger partial charge in [0.2, 0.25) is 0 Å². The molecule has 0 atom stereocenters. The summed E-state index contributed by atoms with van der Waals surface area (Å²) in [5.41, 5.74) is 4.06. The molecule has 0 amide bonds. The molecule has 1 aliphatic rings. The zero-order valence-corrected chi connectivity index (χ0v) is 11.4. The maximum atomic E-state index is 9.20. The van der Waals surface area contributed by atoms with Crippen molar-refractivity contribution in [3.8, 4) is 22.6 Å². The Morgan fingerprint density at radius 1 is 0.905 bits per heavy atom. The first-order valence-corrected chi connectivity index (χ1v) is 6.96. The summed E-state index contributed by atoms with van der Waals surface area (Å²) in [5, 5.41) is 10.3. The molecule has 0 spiro atoms. The van der Waals surface area contributed by atoms with Crippen LogP contribution in [-0.4, -0.2) is 23.3 Å². The van der Waals surface area contributed by atoms with Crippen molar-refractivity contribution >= 4 is 10.9 Å². The predicted molar refractivity (Wildman–Crippen MR) is 80.6 cm³/mol. The molecule has 106 valence electrons. The van der Waals surface area contributed by atoms with E-state index in [4.69, 9.17) is 9.47 Å². The summed E-state index contributed by atoms with van der Waals surface area (Å²) < 4.78 is 11.2. The van der Waals surface area contributed by atoms with Crippen LogP contribution >= 0.6 is 0 Å². The molecular formula is C17H15NO3. The van der Waals surface area contributed by atoms with Crippen LogP contribution in [0.15, 0.2) is 42.5 Å². The Labute approximate surface area is 121 Å². The monoisotopic (exact) mass is 281 g/mol. The van der Waals surface area contributed by atoms with Crippen LogP contribution in [0.5, 0.6) is 11.5 Å². The van der Waals surface area contributed by atoms with E-state index in [9.17, 15) is 5.11 Å². The van der Waals surface area contributed by atoms with E-state index in [1.165, 1.54) is 0 Å². The van der Waals surface area contributed by atoms with Gasteiger partial charge in [-0.2, -0.15) is 0 Å². The van der Waals surface area contributed by atoms with Crippen LogP contribution in [0.4, 0.5) is 0 Å². The van der Waals surface area contributed by atoms with Crippen molar-refractivity contribution in [2.75, 3.05) is 13.2 Å². The van der Waals surface area contributed by atoms with Crippen LogP contribution in [0.3, 0.4) is 0 Å². The van der Waals surface area contributed by atoms with Crippen molar-refractivity contribution in [1.29, 1.82) is 0 Å². The summed E-state index contributed by atoms with van der Waals surface area (Å²) in [6.45, 7) is 1.22. The largest absolute Gasteiger partial charge is 0.486 e. The number of hydrogen-bond acceptors (Lipinski definition) is 3. The number of fused-ring (bicyclic) bond motifs is 2. The minimum atomic E-state index is 0.0219. The summed E-state index contributed by atoms with van der Waals surface area (Å²) in [7, 11) is 0. The lowest BCUT2D eigenvalue weighted by molar-refractivity contribution is 0.171. The van der Waals surface area contributed by atoms with Gasteiger partial charge in [-0.05, 0) is 41.5 Å². The molecule has 0 saturated carbocycles. The van der Waals surface area contributed by atoms with Gasteiger partial charge in [0, 0.05) is 16.6 Å². The van der Waals surface area contributed by atoms with Crippen LogP contribution in [-0.2, 0) is 6.61 Å². The van der Waals surface area contributed by atoms with Crippen molar-refractivity contribution in [3.63, 3.8) is 0 Å².